The van der Waals surface area contributed by atoms with Crippen LogP contribution in [-0.4, -0.2) is 27.7 Å². The number of hydrogen-bond acceptors (Lipinski definition) is 6. The van der Waals surface area contributed by atoms with E-state index < -0.39 is 6.03 Å². The first-order valence-electron chi connectivity index (χ1n) is 9.17. The summed E-state index contributed by atoms with van der Waals surface area (Å²) in [6.07, 6.45) is 0. The van der Waals surface area contributed by atoms with E-state index in [1.54, 1.807) is 31.4 Å². The number of hydrogen-bond donors (Lipinski definition) is 2. The van der Waals surface area contributed by atoms with Gasteiger partial charge in [-0.1, -0.05) is 47.2 Å². The summed E-state index contributed by atoms with van der Waals surface area (Å²) >= 11 is 1.32. The molecule has 9 heteroatoms. The predicted octanol–water partition coefficient (Wildman–Crippen LogP) is 3.46. The number of aryl methyl sites for hydroxylation is 1. The lowest BCUT2D eigenvalue weighted by Crippen LogP contribution is -2.29. The fraction of sp³-hybridized carbons (Fsp3) is 0.143. The van der Waals surface area contributed by atoms with Crippen molar-refractivity contribution >= 4 is 28.0 Å². The van der Waals surface area contributed by atoms with Gasteiger partial charge in [-0.2, -0.15) is 9.61 Å². The van der Waals surface area contributed by atoms with Gasteiger partial charge >= 0.3 is 6.03 Å². The Hall–Kier alpha value is -3.72. The zero-order valence-corrected chi connectivity index (χ0v) is 17.2. The third kappa shape index (κ3) is 4.31. The Morgan fingerprint density at radius 1 is 1.17 bits per heavy atom. The highest BCUT2D eigenvalue weighted by Crippen LogP contribution is 2.24. The number of fused-ring (bicyclic) bond motifs is 1. The summed E-state index contributed by atoms with van der Waals surface area (Å²) in [5.41, 5.74) is 2.84. The maximum atomic E-state index is 12.4. The van der Waals surface area contributed by atoms with Crippen LogP contribution in [0.15, 0.2) is 59.4 Å². The van der Waals surface area contributed by atoms with Crippen LogP contribution in [0.1, 0.15) is 11.3 Å². The Labute approximate surface area is 176 Å². The minimum absolute atomic E-state index is 0.110. The maximum absolute atomic E-state index is 12.4. The van der Waals surface area contributed by atoms with E-state index in [0.717, 1.165) is 11.1 Å². The second-order valence-corrected chi connectivity index (χ2v) is 7.55. The molecule has 0 spiro atoms. The number of ether oxygens (including phenoxy) is 1. The molecule has 2 aromatic heterocycles. The Kier molecular flexibility index (Phi) is 5.44. The molecule has 30 heavy (non-hydrogen) atoms. The largest absolute Gasteiger partial charge is 0.497 e. The molecule has 0 unspecified atom stereocenters. The number of aromatic nitrogens is 3. The molecule has 0 saturated heterocycles. The van der Waals surface area contributed by atoms with Crippen LogP contribution in [0.4, 0.5) is 10.5 Å². The summed E-state index contributed by atoms with van der Waals surface area (Å²) in [5, 5.41) is 10.5. The highest BCUT2D eigenvalue weighted by Gasteiger charge is 2.11. The van der Waals surface area contributed by atoms with Crippen molar-refractivity contribution in [2.24, 2.45) is 0 Å². The molecular formula is C21H19N5O3S. The summed E-state index contributed by atoms with van der Waals surface area (Å²) in [6, 6.07) is 15.9. The van der Waals surface area contributed by atoms with Crippen LogP contribution in [0.25, 0.3) is 15.5 Å². The molecule has 8 nitrogen and oxygen atoms in total. The Morgan fingerprint density at radius 2 is 1.97 bits per heavy atom. The average molecular weight is 421 g/mol. The third-order valence-corrected chi connectivity index (χ3v) is 5.31. The molecule has 2 N–H and O–H groups in total. The molecule has 2 aromatic carbocycles. The Morgan fingerprint density at radius 3 is 2.73 bits per heavy atom. The molecule has 0 bridgehead atoms. The van der Waals surface area contributed by atoms with Crippen LogP contribution in [0.2, 0.25) is 0 Å². The number of carbonyl (C=O) groups excluding carboxylic acids is 1. The van der Waals surface area contributed by atoms with Gasteiger partial charge in [0.2, 0.25) is 4.96 Å². The SMILES string of the molecule is COc1cccc(NC(=O)NCc2cc(=O)n3nc(-c4ccc(C)cc4)sc3n2)c1. The van der Waals surface area contributed by atoms with E-state index in [9.17, 15) is 9.59 Å². The minimum atomic E-state index is -0.407. The topological polar surface area (TPSA) is 97.6 Å². The van der Waals surface area contributed by atoms with Crippen molar-refractivity contribution < 1.29 is 9.53 Å². The molecule has 2 heterocycles. The Balaban J connectivity index is 1.48. The van der Waals surface area contributed by atoms with Gasteiger partial charge in [-0.3, -0.25) is 4.79 Å². The minimum Gasteiger partial charge on any atom is -0.497 e. The summed E-state index contributed by atoms with van der Waals surface area (Å²) < 4.78 is 6.41. The lowest BCUT2D eigenvalue weighted by molar-refractivity contribution is 0.251. The standard InChI is InChI=1S/C21H19N5O3S/c1-13-6-8-14(9-7-13)19-25-26-18(27)11-16(24-21(26)30-19)12-22-20(28)23-15-4-3-5-17(10-15)29-2/h3-11H,12H2,1-2H3,(H2,22,23,28). The number of carbonyl (C=O) groups is 1. The average Bonchev–Trinajstić information content (AvgIpc) is 3.18. The number of urea groups is 1. The first-order valence-corrected chi connectivity index (χ1v) is 9.99. The highest BCUT2D eigenvalue weighted by atomic mass is 32.1. The van der Waals surface area contributed by atoms with Crippen molar-refractivity contribution in [1.82, 2.24) is 19.9 Å². The molecule has 0 fully saturated rings. The van der Waals surface area contributed by atoms with Crippen molar-refractivity contribution in [3.63, 3.8) is 0 Å². The van der Waals surface area contributed by atoms with E-state index in [4.69, 9.17) is 4.74 Å². The van der Waals surface area contributed by atoms with Crippen LogP contribution in [0, 0.1) is 6.92 Å². The van der Waals surface area contributed by atoms with E-state index in [-0.39, 0.29) is 12.1 Å². The number of methoxy groups -OCH3 is 1. The fourth-order valence-electron chi connectivity index (χ4n) is 2.81. The van der Waals surface area contributed by atoms with E-state index in [2.05, 4.69) is 20.7 Å². The molecule has 0 aliphatic carbocycles. The second-order valence-electron chi connectivity index (χ2n) is 6.59. The number of nitrogens with one attached hydrogen (secondary N) is 2. The second kappa shape index (κ2) is 8.34. The lowest BCUT2D eigenvalue weighted by atomic mass is 10.2. The number of anilines is 1. The smallest absolute Gasteiger partial charge is 0.319 e. The summed E-state index contributed by atoms with van der Waals surface area (Å²) in [6.45, 7) is 2.12. The maximum Gasteiger partial charge on any atom is 0.319 e. The highest BCUT2D eigenvalue weighted by molar-refractivity contribution is 7.19. The van der Waals surface area contributed by atoms with Crippen LogP contribution >= 0.6 is 11.3 Å². The fourth-order valence-corrected chi connectivity index (χ4v) is 3.74. The molecule has 0 radical (unpaired) electrons. The molecule has 152 valence electrons. The molecule has 0 saturated carbocycles. The van der Waals surface area contributed by atoms with Crippen molar-refractivity contribution in [3.8, 4) is 16.3 Å². The number of nitrogens with zero attached hydrogens (tertiary/aromatic N) is 3. The number of rotatable bonds is 5. The summed E-state index contributed by atoms with van der Waals surface area (Å²) in [5.74, 6) is 0.641. The Bertz CT molecular complexity index is 1260. The van der Waals surface area contributed by atoms with Gasteiger partial charge in [0.1, 0.15) is 10.8 Å². The van der Waals surface area contributed by atoms with E-state index in [1.165, 1.54) is 21.9 Å². The summed E-state index contributed by atoms with van der Waals surface area (Å²) in [4.78, 5) is 29.5. The van der Waals surface area contributed by atoms with Gasteiger partial charge in [0.05, 0.1) is 19.3 Å². The predicted molar refractivity (Wildman–Crippen MR) is 116 cm³/mol. The zero-order valence-electron chi connectivity index (χ0n) is 16.4. The monoisotopic (exact) mass is 421 g/mol. The molecule has 2 amide bonds. The summed E-state index contributed by atoms with van der Waals surface area (Å²) in [7, 11) is 1.56. The molecule has 0 aliphatic rings. The van der Waals surface area contributed by atoms with Gasteiger partial charge in [0.15, 0.2) is 0 Å². The van der Waals surface area contributed by atoms with Crippen molar-refractivity contribution in [1.29, 1.82) is 0 Å². The van der Waals surface area contributed by atoms with Gasteiger partial charge in [0, 0.05) is 23.4 Å². The molecule has 4 aromatic rings. The van der Waals surface area contributed by atoms with Crippen LogP contribution in [-0.2, 0) is 6.54 Å². The van der Waals surface area contributed by atoms with E-state index in [0.29, 0.717) is 27.1 Å². The van der Waals surface area contributed by atoms with Gasteiger partial charge in [-0.25, -0.2) is 9.78 Å². The number of amides is 2. The van der Waals surface area contributed by atoms with Gasteiger partial charge in [-0.15, -0.1) is 0 Å². The number of benzene rings is 2. The first kappa shape index (κ1) is 19.6. The van der Waals surface area contributed by atoms with Crippen LogP contribution in [0.3, 0.4) is 0 Å². The normalized spacial score (nSPS) is 10.7. The molecular weight excluding hydrogens is 402 g/mol. The first-order chi connectivity index (χ1) is 14.5. The molecule has 4 rings (SSSR count). The quantitative estimate of drug-likeness (QED) is 0.514. The van der Waals surface area contributed by atoms with Crippen molar-refractivity contribution in [2.75, 3.05) is 12.4 Å². The zero-order chi connectivity index (χ0) is 21.1. The van der Waals surface area contributed by atoms with Crippen LogP contribution in [0.5, 0.6) is 5.75 Å². The third-order valence-electron chi connectivity index (χ3n) is 4.35. The van der Waals surface area contributed by atoms with Crippen molar-refractivity contribution in [2.45, 2.75) is 13.5 Å². The van der Waals surface area contributed by atoms with Gasteiger partial charge < -0.3 is 15.4 Å². The van der Waals surface area contributed by atoms with E-state index >= 15 is 0 Å². The van der Waals surface area contributed by atoms with Gasteiger partial charge in [0.25, 0.3) is 5.56 Å². The molecule has 0 aliphatic heterocycles. The molecule has 0 atom stereocenters. The van der Waals surface area contributed by atoms with Crippen molar-refractivity contribution in [3.05, 3.63) is 76.2 Å². The lowest BCUT2D eigenvalue weighted by Gasteiger charge is -2.08. The van der Waals surface area contributed by atoms with Gasteiger partial charge in [-0.05, 0) is 19.1 Å². The van der Waals surface area contributed by atoms with Crippen LogP contribution < -0.4 is 20.9 Å². The van der Waals surface area contributed by atoms with E-state index in [1.807, 2.05) is 31.2 Å².